The molecule has 0 N–H and O–H groups in total. The van der Waals surface area contributed by atoms with Crippen molar-refractivity contribution in [2.75, 3.05) is 0 Å². The van der Waals surface area contributed by atoms with Crippen LogP contribution in [0.1, 0.15) is 17.6 Å². The Kier molecular flexibility index (Phi) is 3.92. The Morgan fingerprint density at radius 2 is 2.27 bits per heavy atom. The summed E-state index contributed by atoms with van der Waals surface area (Å²) in [5.41, 5.74) is -0.434. The van der Waals surface area contributed by atoms with Gasteiger partial charge in [-0.05, 0) is 27.6 Å². The highest BCUT2D eigenvalue weighted by Gasteiger charge is 2.24. The molecule has 1 heterocycles. The zero-order chi connectivity index (χ0) is 11.6. The van der Waals surface area contributed by atoms with E-state index in [2.05, 4.69) is 20.9 Å². The van der Waals surface area contributed by atoms with E-state index < -0.39 is 27.9 Å². The SMILES string of the molecule is O=[N+]([O-])c1nc(Cl)c(C(F)F)cc1CBr. The first-order valence-electron chi connectivity index (χ1n) is 3.65. The Balaban J connectivity index is 3.35. The van der Waals surface area contributed by atoms with Gasteiger partial charge in [-0.15, -0.1) is 0 Å². The van der Waals surface area contributed by atoms with E-state index in [4.69, 9.17) is 11.6 Å². The molecule has 0 saturated heterocycles. The van der Waals surface area contributed by atoms with Gasteiger partial charge in [-0.25, -0.2) is 8.78 Å². The number of pyridine rings is 1. The van der Waals surface area contributed by atoms with Crippen LogP contribution in [0.25, 0.3) is 0 Å². The molecule has 0 unspecified atom stereocenters. The average molecular weight is 301 g/mol. The van der Waals surface area contributed by atoms with Crippen molar-refractivity contribution in [1.82, 2.24) is 4.98 Å². The number of hydrogen-bond acceptors (Lipinski definition) is 3. The quantitative estimate of drug-likeness (QED) is 0.372. The zero-order valence-corrected chi connectivity index (χ0v) is 9.43. The minimum atomic E-state index is -2.80. The molecule has 1 aromatic heterocycles. The molecule has 0 aromatic carbocycles. The Hall–Kier alpha value is -0.820. The molecule has 0 atom stereocenters. The lowest BCUT2D eigenvalue weighted by atomic mass is 10.2. The number of nitro groups is 1. The highest BCUT2D eigenvalue weighted by atomic mass is 79.9. The molecule has 82 valence electrons. The topological polar surface area (TPSA) is 56.0 Å². The second-order valence-corrected chi connectivity index (χ2v) is 3.46. The van der Waals surface area contributed by atoms with Crippen LogP contribution in [0.15, 0.2) is 6.07 Å². The fourth-order valence-corrected chi connectivity index (χ4v) is 1.58. The van der Waals surface area contributed by atoms with Gasteiger partial charge in [0.05, 0.1) is 11.1 Å². The molecule has 1 aromatic rings. The second-order valence-electron chi connectivity index (χ2n) is 2.54. The van der Waals surface area contributed by atoms with E-state index >= 15 is 0 Å². The molecule has 0 bridgehead atoms. The number of hydrogen-bond donors (Lipinski definition) is 0. The Labute approximate surface area is 96.5 Å². The first-order valence-corrected chi connectivity index (χ1v) is 5.15. The van der Waals surface area contributed by atoms with Crippen LogP contribution < -0.4 is 0 Å². The number of aromatic nitrogens is 1. The molecule has 0 saturated carbocycles. The van der Waals surface area contributed by atoms with Crippen LogP contribution in [0.4, 0.5) is 14.6 Å². The van der Waals surface area contributed by atoms with Crippen molar-refractivity contribution in [3.05, 3.63) is 32.5 Å². The predicted octanol–water partition coefficient (Wildman–Crippen LogP) is 3.48. The van der Waals surface area contributed by atoms with Gasteiger partial charge in [-0.1, -0.05) is 15.9 Å². The van der Waals surface area contributed by atoms with Crippen molar-refractivity contribution in [2.24, 2.45) is 0 Å². The van der Waals surface area contributed by atoms with E-state index in [1.165, 1.54) is 0 Å². The molecule has 1 rings (SSSR count). The van der Waals surface area contributed by atoms with Gasteiger partial charge in [0.1, 0.15) is 0 Å². The van der Waals surface area contributed by atoms with E-state index in [1.54, 1.807) is 0 Å². The van der Waals surface area contributed by atoms with E-state index in [0.29, 0.717) is 0 Å². The minimum absolute atomic E-state index is 0.0627. The van der Waals surface area contributed by atoms with Crippen molar-refractivity contribution in [1.29, 1.82) is 0 Å². The maximum absolute atomic E-state index is 12.4. The van der Waals surface area contributed by atoms with Gasteiger partial charge in [-0.2, -0.15) is 0 Å². The van der Waals surface area contributed by atoms with Gasteiger partial charge >= 0.3 is 5.82 Å². The standard InChI is InChI=1S/C7H4BrClF2N2O2/c8-2-3-1-4(6(10)11)5(9)12-7(3)13(14)15/h1,6H,2H2. The summed E-state index contributed by atoms with van der Waals surface area (Å²) in [4.78, 5) is 13.0. The van der Waals surface area contributed by atoms with Crippen LogP contribution in [0.5, 0.6) is 0 Å². The van der Waals surface area contributed by atoms with Gasteiger partial charge in [0.2, 0.25) is 0 Å². The van der Waals surface area contributed by atoms with Crippen molar-refractivity contribution in [2.45, 2.75) is 11.8 Å². The molecule has 0 radical (unpaired) electrons. The fourth-order valence-electron chi connectivity index (χ4n) is 0.951. The summed E-state index contributed by atoms with van der Waals surface area (Å²) in [6, 6.07) is 0.979. The Bertz CT molecular complexity index is 403. The molecule has 15 heavy (non-hydrogen) atoms. The van der Waals surface area contributed by atoms with Crippen molar-refractivity contribution in [3.8, 4) is 0 Å². The Morgan fingerprint density at radius 3 is 2.67 bits per heavy atom. The summed E-state index contributed by atoms with van der Waals surface area (Å²) >= 11 is 8.34. The van der Waals surface area contributed by atoms with Gasteiger partial charge in [0, 0.05) is 5.33 Å². The van der Waals surface area contributed by atoms with Crippen LogP contribution in [-0.2, 0) is 5.33 Å². The summed E-state index contributed by atoms with van der Waals surface area (Å²) in [5, 5.41) is 10.0. The molecule has 0 aliphatic rings. The molecule has 8 heteroatoms. The molecule has 4 nitrogen and oxygen atoms in total. The van der Waals surface area contributed by atoms with Gasteiger partial charge in [0.15, 0.2) is 0 Å². The highest BCUT2D eigenvalue weighted by Crippen LogP contribution is 2.31. The van der Waals surface area contributed by atoms with Crippen molar-refractivity contribution in [3.63, 3.8) is 0 Å². The normalized spacial score (nSPS) is 10.7. The highest BCUT2D eigenvalue weighted by molar-refractivity contribution is 9.08. The summed E-state index contributed by atoms with van der Waals surface area (Å²) in [5.74, 6) is -0.513. The number of alkyl halides is 3. The second kappa shape index (κ2) is 4.80. The molecule has 0 spiro atoms. The van der Waals surface area contributed by atoms with E-state index in [1.807, 2.05) is 0 Å². The molecular formula is C7H4BrClF2N2O2. The third kappa shape index (κ3) is 2.60. The Morgan fingerprint density at radius 1 is 1.67 bits per heavy atom. The van der Waals surface area contributed by atoms with Gasteiger partial charge in [-0.3, -0.25) is 0 Å². The van der Waals surface area contributed by atoms with E-state index in [9.17, 15) is 18.9 Å². The third-order valence-corrected chi connectivity index (χ3v) is 2.52. The van der Waals surface area contributed by atoms with Crippen LogP contribution in [-0.4, -0.2) is 9.91 Å². The number of nitrogens with zero attached hydrogens (tertiary/aromatic N) is 2. The molecule has 0 aliphatic carbocycles. The number of rotatable bonds is 3. The van der Waals surface area contributed by atoms with Gasteiger partial charge < -0.3 is 10.1 Å². The van der Waals surface area contributed by atoms with Crippen LogP contribution in [0, 0.1) is 10.1 Å². The largest absolute Gasteiger partial charge is 0.369 e. The van der Waals surface area contributed by atoms with Crippen molar-refractivity contribution < 1.29 is 13.7 Å². The summed E-state index contributed by atoms with van der Waals surface area (Å²) in [7, 11) is 0. The number of halogens is 4. The fraction of sp³-hybridized carbons (Fsp3) is 0.286. The average Bonchev–Trinajstić information content (AvgIpc) is 2.16. The maximum Gasteiger partial charge on any atom is 0.369 e. The first-order chi connectivity index (χ1) is 6.97. The molecule has 0 fully saturated rings. The van der Waals surface area contributed by atoms with E-state index in [-0.39, 0.29) is 10.9 Å². The lowest BCUT2D eigenvalue weighted by molar-refractivity contribution is -0.390. The summed E-state index contributed by atoms with van der Waals surface area (Å²) in [6.07, 6.45) is -2.80. The predicted molar refractivity (Wildman–Crippen MR) is 53.5 cm³/mol. The van der Waals surface area contributed by atoms with Crippen LogP contribution in [0.3, 0.4) is 0 Å². The lowest BCUT2D eigenvalue weighted by Gasteiger charge is -2.03. The zero-order valence-electron chi connectivity index (χ0n) is 7.08. The van der Waals surface area contributed by atoms with Crippen LogP contribution in [0.2, 0.25) is 5.15 Å². The molecule has 0 aliphatic heterocycles. The third-order valence-electron chi connectivity index (χ3n) is 1.61. The maximum atomic E-state index is 12.4. The first kappa shape index (κ1) is 12.3. The minimum Gasteiger partial charge on any atom is -0.358 e. The van der Waals surface area contributed by atoms with Crippen LogP contribution >= 0.6 is 27.5 Å². The molecular weight excluding hydrogens is 297 g/mol. The van der Waals surface area contributed by atoms with Crippen molar-refractivity contribution >= 4 is 33.3 Å². The monoisotopic (exact) mass is 300 g/mol. The lowest BCUT2D eigenvalue weighted by Crippen LogP contribution is -2.00. The molecule has 0 amide bonds. The van der Waals surface area contributed by atoms with E-state index in [0.717, 1.165) is 6.07 Å². The smallest absolute Gasteiger partial charge is 0.358 e. The van der Waals surface area contributed by atoms with Gasteiger partial charge in [0.25, 0.3) is 11.6 Å². The summed E-state index contributed by atoms with van der Waals surface area (Å²) in [6.45, 7) is 0. The summed E-state index contributed by atoms with van der Waals surface area (Å²) < 4.78 is 24.7.